The number of ether oxygens (including phenoxy) is 1. The lowest BCUT2D eigenvalue weighted by atomic mass is 10.0. The van der Waals surface area contributed by atoms with Crippen molar-refractivity contribution in [3.05, 3.63) is 95.8 Å². The molecule has 35 heavy (non-hydrogen) atoms. The molecule has 1 atom stereocenters. The van der Waals surface area contributed by atoms with E-state index in [1.165, 1.54) is 5.56 Å². The molecule has 180 valence electrons. The first-order valence-corrected chi connectivity index (χ1v) is 12.4. The molecule has 2 heterocycles. The van der Waals surface area contributed by atoms with Crippen molar-refractivity contribution in [1.82, 2.24) is 19.8 Å². The Morgan fingerprint density at radius 1 is 0.971 bits per heavy atom. The van der Waals surface area contributed by atoms with Crippen LogP contribution in [0.5, 0.6) is 0 Å². The molecule has 0 saturated carbocycles. The van der Waals surface area contributed by atoms with Crippen molar-refractivity contribution in [2.75, 3.05) is 32.8 Å². The zero-order valence-corrected chi connectivity index (χ0v) is 20.2. The van der Waals surface area contributed by atoms with Gasteiger partial charge in [-0.3, -0.25) is 14.3 Å². The van der Waals surface area contributed by atoms with E-state index in [4.69, 9.17) is 9.72 Å². The molecule has 0 spiro atoms. The number of aryl methyl sites for hydroxylation is 2. The molecule has 6 heteroatoms. The summed E-state index contributed by atoms with van der Waals surface area (Å²) in [6.45, 7) is 6.12. The van der Waals surface area contributed by atoms with Gasteiger partial charge in [0.1, 0.15) is 5.82 Å². The number of aromatic nitrogens is 2. The van der Waals surface area contributed by atoms with Gasteiger partial charge >= 0.3 is 0 Å². The highest BCUT2D eigenvalue weighted by Gasteiger charge is 2.21. The molecule has 0 unspecified atom stereocenters. The average molecular weight is 469 g/mol. The van der Waals surface area contributed by atoms with Gasteiger partial charge in [-0.15, -0.1) is 0 Å². The van der Waals surface area contributed by atoms with Gasteiger partial charge in [0.05, 0.1) is 30.3 Å². The summed E-state index contributed by atoms with van der Waals surface area (Å²) < 4.78 is 7.67. The molecule has 0 bridgehead atoms. The van der Waals surface area contributed by atoms with E-state index in [1.807, 2.05) is 36.4 Å². The van der Waals surface area contributed by atoms with Crippen LogP contribution in [-0.2, 0) is 16.0 Å². The second-order valence-electron chi connectivity index (χ2n) is 9.13. The van der Waals surface area contributed by atoms with Gasteiger partial charge in [-0.05, 0) is 36.8 Å². The van der Waals surface area contributed by atoms with Crippen LogP contribution in [0.2, 0.25) is 0 Å². The van der Waals surface area contributed by atoms with Gasteiger partial charge in [-0.2, -0.15) is 0 Å². The highest BCUT2D eigenvalue weighted by molar-refractivity contribution is 5.79. The number of rotatable bonds is 8. The average Bonchev–Trinajstić information content (AvgIpc) is 3.27. The summed E-state index contributed by atoms with van der Waals surface area (Å²) in [4.78, 5) is 20.4. The second-order valence-corrected chi connectivity index (χ2v) is 9.13. The van der Waals surface area contributed by atoms with Crippen LogP contribution in [-0.4, -0.2) is 53.2 Å². The summed E-state index contributed by atoms with van der Waals surface area (Å²) in [5.74, 6) is 0.933. The van der Waals surface area contributed by atoms with Gasteiger partial charge in [0.2, 0.25) is 5.91 Å². The molecule has 5 rings (SSSR count). The van der Waals surface area contributed by atoms with Crippen molar-refractivity contribution >= 4 is 16.9 Å². The van der Waals surface area contributed by atoms with Gasteiger partial charge in [0.15, 0.2) is 0 Å². The van der Waals surface area contributed by atoms with Crippen LogP contribution < -0.4 is 5.32 Å². The minimum atomic E-state index is -0.0610. The summed E-state index contributed by atoms with van der Waals surface area (Å²) in [5.41, 5.74) is 5.40. The van der Waals surface area contributed by atoms with Crippen molar-refractivity contribution in [3.63, 3.8) is 0 Å². The van der Waals surface area contributed by atoms with E-state index in [1.54, 1.807) is 0 Å². The Kier molecular flexibility index (Phi) is 7.21. The molecule has 1 N–H and O–H groups in total. The number of hydrogen-bond donors (Lipinski definition) is 1. The smallest absolute Gasteiger partial charge is 0.220 e. The Morgan fingerprint density at radius 2 is 1.69 bits per heavy atom. The van der Waals surface area contributed by atoms with Gasteiger partial charge in [-0.25, -0.2) is 4.98 Å². The number of nitrogens with zero attached hydrogens (tertiary/aromatic N) is 3. The quantitative estimate of drug-likeness (QED) is 0.415. The Bertz CT molecular complexity index is 1260. The zero-order chi connectivity index (χ0) is 24.0. The van der Waals surface area contributed by atoms with Gasteiger partial charge in [0, 0.05) is 38.2 Å². The number of morpholine rings is 1. The fraction of sp³-hybridized carbons (Fsp3) is 0.310. The third-order valence-corrected chi connectivity index (χ3v) is 6.58. The van der Waals surface area contributed by atoms with E-state index in [-0.39, 0.29) is 11.9 Å². The van der Waals surface area contributed by atoms with Crippen LogP contribution in [0.1, 0.15) is 29.4 Å². The Hall–Kier alpha value is -3.48. The monoisotopic (exact) mass is 468 g/mol. The summed E-state index contributed by atoms with van der Waals surface area (Å²) in [5, 5.41) is 3.30. The standard InChI is InChI=1S/C29H32N4O2/c1-22-11-13-23(14-12-22)26(21-32-17-19-35-20-18-32)31-29(34)16-15-28-30-25-9-5-6-10-27(25)33(28)24-7-3-2-4-8-24/h2-14,26H,15-21H2,1H3,(H,31,34)/t26-/m0/s1. The lowest BCUT2D eigenvalue weighted by Gasteiger charge is -2.31. The largest absolute Gasteiger partial charge is 0.379 e. The molecular weight excluding hydrogens is 436 g/mol. The van der Waals surface area contributed by atoms with Crippen LogP contribution in [0, 0.1) is 6.92 Å². The third kappa shape index (κ3) is 5.61. The number of fused-ring (bicyclic) bond motifs is 1. The maximum atomic E-state index is 13.2. The van der Waals surface area contributed by atoms with E-state index in [9.17, 15) is 4.79 Å². The molecule has 0 radical (unpaired) electrons. The first-order chi connectivity index (χ1) is 17.2. The number of hydrogen-bond acceptors (Lipinski definition) is 4. The third-order valence-electron chi connectivity index (χ3n) is 6.58. The van der Waals surface area contributed by atoms with Crippen LogP contribution >= 0.6 is 0 Å². The summed E-state index contributed by atoms with van der Waals surface area (Å²) >= 11 is 0. The summed E-state index contributed by atoms with van der Waals surface area (Å²) in [6, 6.07) is 26.7. The fourth-order valence-electron chi connectivity index (χ4n) is 4.68. The molecule has 1 fully saturated rings. The first-order valence-electron chi connectivity index (χ1n) is 12.4. The Labute approximate surface area is 206 Å². The van der Waals surface area contributed by atoms with E-state index in [0.717, 1.165) is 61.0 Å². The number of carbonyl (C=O) groups is 1. The number of benzene rings is 3. The van der Waals surface area contributed by atoms with Crippen molar-refractivity contribution in [3.8, 4) is 5.69 Å². The molecule has 1 amide bonds. The van der Waals surface area contributed by atoms with Crippen LogP contribution in [0.4, 0.5) is 0 Å². The highest BCUT2D eigenvalue weighted by atomic mass is 16.5. The van der Waals surface area contributed by atoms with Crippen LogP contribution in [0.3, 0.4) is 0 Å². The Balaban J connectivity index is 1.33. The molecule has 1 aromatic heterocycles. The van der Waals surface area contributed by atoms with Crippen molar-refractivity contribution in [2.45, 2.75) is 25.8 Å². The van der Waals surface area contributed by atoms with Gasteiger partial charge < -0.3 is 10.1 Å². The number of amides is 1. The minimum Gasteiger partial charge on any atom is -0.379 e. The lowest BCUT2D eigenvalue weighted by molar-refractivity contribution is -0.122. The molecule has 1 saturated heterocycles. The Morgan fingerprint density at radius 3 is 2.46 bits per heavy atom. The van der Waals surface area contributed by atoms with Crippen molar-refractivity contribution in [2.24, 2.45) is 0 Å². The number of carbonyl (C=O) groups excluding carboxylic acids is 1. The normalized spacial score (nSPS) is 15.2. The first kappa shape index (κ1) is 23.3. The predicted molar refractivity (Wildman–Crippen MR) is 139 cm³/mol. The van der Waals surface area contributed by atoms with E-state index in [2.05, 4.69) is 64.2 Å². The van der Waals surface area contributed by atoms with Crippen LogP contribution in [0.25, 0.3) is 16.7 Å². The van der Waals surface area contributed by atoms with Gasteiger partial charge in [-0.1, -0.05) is 60.2 Å². The molecule has 6 nitrogen and oxygen atoms in total. The minimum absolute atomic E-state index is 0.0375. The number of para-hydroxylation sites is 3. The maximum absolute atomic E-state index is 13.2. The van der Waals surface area contributed by atoms with E-state index < -0.39 is 0 Å². The number of nitrogens with one attached hydrogen (secondary N) is 1. The molecule has 3 aromatic carbocycles. The van der Waals surface area contributed by atoms with Crippen molar-refractivity contribution in [1.29, 1.82) is 0 Å². The predicted octanol–water partition coefficient (Wildman–Crippen LogP) is 4.46. The fourth-order valence-corrected chi connectivity index (χ4v) is 4.68. The highest BCUT2D eigenvalue weighted by Crippen LogP contribution is 2.23. The maximum Gasteiger partial charge on any atom is 0.220 e. The topological polar surface area (TPSA) is 59.4 Å². The molecule has 1 aliphatic heterocycles. The molecular formula is C29H32N4O2. The zero-order valence-electron chi connectivity index (χ0n) is 20.2. The summed E-state index contributed by atoms with van der Waals surface area (Å²) in [6.07, 6.45) is 0.940. The molecule has 1 aliphatic rings. The number of imidazole rings is 1. The summed E-state index contributed by atoms with van der Waals surface area (Å²) in [7, 11) is 0. The van der Waals surface area contributed by atoms with Gasteiger partial charge in [0.25, 0.3) is 0 Å². The second kappa shape index (κ2) is 10.8. The molecule has 4 aromatic rings. The SMILES string of the molecule is Cc1ccc([C@H](CN2CCOCC2)NC(=O)CCc2nc3ccccc3n2-c2ccccc2)cc1. The van der Waals surface area contributed by atoms with Crippen molar-refractivity contribution < 1.29 is 9.53 Å². The lowest BCUT2D eigenvalue weighted by Crippen LogP contribution is -2.43. The van der Waals surface area contributed by atoms with E-state index in [0.29, 0.717) is 12.8 Å². The molecule has 0 aliphatic carbocycles. The van der Waals surface area contributed by atoms with Crippen LogP contribution in [0.15, 0.2) is 78.9 Å². The van der Waals surface area contributed by atoms with E-state index >= 15 is 0 Å².